The Hall–Kier alpha value is -1.95. The zero-order valence-corrected chi connectivity index (χ0v) is 12.2. The van der Waals surface area contributed by atoms with Crippen LogP contribution in [0.2, 0.25) is 0 Å². The quantitative estimate of drug-likeness (QED) is 0.369. The highest BCUT2D eigenvalue weighted by Gasteiger charge is 2.00. The van der Waals surface area contributed by atoms with Gasteiger partial charge in [-0.2, -0.15) is 0 Å². The predicted octanol–water partition coefficient (Wildman–Crippen LogP) is 2.13. The predicted molar refractivity (Wildman–Crippen MR) is 81.9 cm³/mol. The second-order valence-electron chi connectivity index (χ2n) is 4.00. The number of aliphatic imine (C=N–C) groups is 1. The van der Waals surface area contributed by atoms with Crippen molar-refractivity contribution in [2.75, 3.05) is 19.3 Å². The molecule has 0 aliphatic rings. The lowest BCUT2D eigenvalue weighted by atomic mass is 10.4. The number of aromatic nitrogens is 1. The highest BCUT2D eigenvalue weighted by Crippen LogP contribution is 2.15. The lowest BCUT2D eigenvalue weighted by Crippen LogP contribution is -2.38. The molecule has 0 aliphatic heterocycles. The summed E-state index contributed by atoms with van der Waals surface area (Å²) in [7, 11) is 1.75. The largest absolute Gasteiger partial charge is 0.364 e. The van der Waals surface area contributed by atoms with Gasteiger partial charge in [0.15, 0.2) is 5.96 Å². The summed E-state index contributed by atoms with van der Waals surface area (Å²) >= 11 is 1.82. The van der Waals surface area contributed by atoms with Crippen LogP contribution in [0.4, 0.5) is 0 Å². The Labute approximate surface area is 122 Å². The maximum atomic E-state index is 4.77. The van der Waals surface area contributed by atoms with Crippen LogP contribution in [0.1, 0.15) is 5.69 Å². The van der Waals surface area contributed by atoms with Crippen molar-refractivity contribution < 1.29 is 4.52 Å². The Morgan fingerprint density at radius 2 is 2.10 bits per heavy atom. The number of thioether (sulfide) groups is 1. The number of hydrogen-bond donors (Lipinski definition) is 2. The Morgan fingerprint density at radius 1 is 1.25 bits per heavy atom. The topological polar surface area (TPSA) is 62.5 Å². The van der Waals surface area contributed by atoms with Crippen LogP contribution in [-0.4, -0.2) is 30.5 Å². The van der Waals surface area contributed by atoms with Crippen molar-refractivity contribution in [1.29, 1.82) is 0 Å². The van der Waals surface area contributed by atoms with E-state index in [0.717, 1.165) is 24.0 Å². The first kappa shape index (κ1) is 14.5. The molecular formula is C14H18N4OS. The molecule has 0 fully saturated rings. The smallest absolute Gasteiger partial charge is 0.191 e. The SMILES string of the molecule is CN=C(NCCSc1ccccc1)NCc1ccon1. The van der Waals surface area contributed by atoms with Crippen LogP contribution < -0.4 is 10.6 Å². The van der Waals surface area contributed by atoms with E-state index in [1.807, 2.05) is 36.0 Å². The highest BCUT2D eigenvalue weighted by molar-refractivity contribution is 7.99. The van der Waals surface area contributed by atoms with Gasteiger partial charge in [0.2, 0.25) is 0 Å². The first-order valence-corrected chi connectivity index (χ1v) is 7.38. The molecule has 0 spiro atoms. The van der Waals surface area contributed by atoms with Gasteiger partial charge in [0, 0.05) is 30.3 Å². The highest BCUT2D eigenvalue weighted by atomic mass is 32.2. The second-order valence-corrected chi connectivity index (χ2v) is 5.17. The van der Waals surface area contributed by atoms with Gasteiger partial charge >= 0.3 is 0 Å². The van der Waals surface area contributed by atoms with E-state index in [4.69, 9.17) is 4.52 Å². The Bertz CT molecular complexity index is 513. The normalized spacial score (nSPS) is 11.3. The molecule has 5 nitrogen and oxygen atoms in total. The summed E-state index contributed by atoms with van der Waals surface area (Å²) in [5.74, 6) is 1.75. The van der Waals surface area contributed by atoms with E-state index in [2.05, 4.69) is 32.9 Å². The summed E-state index contributed by atoms with van der Waals surface area (Å²) in [5.41, 5.74) is 0.853. The molecule has 0 unspecified atom stereocenters. The number of nitrogens with zero attached hydrogens (tertiary/aromatic N) is 2. The van der Waals surface area contributed by atoms with Crippen LogP contribution in [0.15, 0.2) is 57.1 Å². The van der Waals surface area contributed by atoms with E-state index in [1.54, 1.807) is 13.3 Å². The van der Waals surface area contributed by atoms with Gasteiger partial charge in [0.1, 0.15) is 12.0 Å². The second kappa shape index (κ2) is 8.27. The fraction of sp³-hybridized carbons (Fsp3) is 0.286. The van der Waals surface area contributed by atoms with Crippen LogP contribution >= 0.6 is 11.8 Å². The van der Waals surface area contributed by atoms with Crippen molar-refractivity contribution in [2.24, 2.45) is 4.99 Å². The Kier molecular flexibility index (Phi) is 5.98. The fourth-order valence-electron chi connectivity index (χ4n) is 1.58. The third-order valence-corrected chi connectivity index (χ3v) is 3.57. The zero-order valence-electron chi connectivity index (χ0n) is 11.4. The number of nitrogens with one attached hydrogen (secondary N) is 2. The molecule has 0 radical (unpaired) electrons. The van der Waals surface area contributed by atoms with Crippen LogP contribution in [0.25, 0.3) is 0 Å². The third kappa shape index (κ3) is 4.97. The van der Waals surface area contributed by atoms with Crippen LogP contribution in [-0.2, 0) is 6.54 Å². The maximum absolute atomic E-state index is 4.77. The number of benzene rings is 1. The van der Waals surface area contributed by atoms with Gasteiger partial charge < -0.3 is 15.2 Å². The summed E-state index contributed by atoms with van der Waals surface area (Å²) in [6.07, 6.45) is 1.56. The molecule has 106 valence electrons. The third-order valence-electron chi connectivity index (χ3n) is 2.56. The van der Waals surface area contributed by atoms with Crippen LogP contribution in [0.5, 0.6) is 0 Å². The molecule has 2 aromatic rings. The first-order valence-electron chi connectivity index (χ1n) is 6.40. The Balaban J connectivity index is 1.64. The van der Waals surface area contributed by atoms with Gasteiger partial charge in [-0.3, -0.25) is 4.99 Å². The number of guanidine groups is 1. The molecule has 0 amide bonds. The standard InChI is InChI=1S/C14H18N4OS/c1-15-14(17-11-12-7-9-19-18-12)16-8-10-20-13-5-3-2-4-6-13/h2-7,9H,8,10-11H2,1H3,(H2,15,16,17). The minimum absolute atomic E-state index is 0.599. The summed E-state index contributed by atoms with van der Waals surface area (Å²) in [6, 6.07) is 12.2. The van der Waals surface area contributed by atoms with Crippen molar-refractivity contribution in [3.8, 4) is 0 Å². The first-order chi connectivity index (χ1) is 9.88. The maximum Gasteiger partial charge on any atom is 0.191 e. The van der Waals surface area contributed by atoms with Crippen molar-refractivity contribution in [3.05, 3.63) is 48.4 Å². The summed E-state index contributed by atoms with van der Waals surface area (Å²) in [4.78, 5) is 5.44. The van der Waals surface area contributed by atoms with E-state index in [1.165, 1.54) is 4.90 Å². The average molecular weight is 290 g/mol. The molecule has 20 heavy (non-hydrogen) atoms. The van der Waals surface area contributed by atoms with Gasteiger partial charge in [-0.1, -0.05) is 23.4 Å². The minimum atomic E-state index is 0.599. The van der Waals surface area contributed by atoms with Crippen molar-refractivity contribution in [2.45, 2.75) is 11.4 Å². The molecule has 2 N–H and O–H groups in total. The minimum Gasteiger partial charge on any atom is -0.364 e. The van der Waals surface area contributed by atoms with Crippen LogP contribution in [0, 0.1) is 0 Å². The molecule has 0 saturated carbocycles. The molecule has 0 saturated heterocycles. The molecule has 2 rings (SSSR count). The van der Waals surface area contributed by atoms with E-state index in [0.29, 0.717) is 6.54 Å². The average Bonchev–Trinajstić information content (AvgIpc) is 3.01. The fourth-order valence-corrected chi connectivity index (χ4v) is 2.37. The lowest BCUT2D eigenvalue weighted by Gasteiger charge is -2.10. The van der Waals surface area contributed by atoms with Crippen molar-refractivity contribution >= 4 is 17.7 Å². The number of rotatable bonds is 6. The number of hydrogen-bond acceptors (Lipinski definition) is 4. The van der Waals surface area contributed by atoms with E-state index in [-0.39, 0.29) is 0 Å². The van der Waals surface area contributed by atoms with Crippen molar-refractivity contribution in [3.63, 3.8) is 0 Å². The monoisotopic (exact) mass is 290 g/mol. The molecule has 1 aromatic heterocycles. The summed E-state index contributed by atoms with van der Waals surface area (Å²) in [6.45, 7) is 1.44. The zero-order chi connectivity index (χ0) is 14.0. The molecule has 0 atom stereocenters. The molecule has 0 aliphatic carbocycles. The van der Waals surface area contributed by atoms with E-state index in [9.17, 15) is 0 Å². The van der Waals surface area contributed by atoms with E-state index >= 15 is 0 Å². The van der Waals surface area contributed by atoms with E-state index < -0.39 is 0 Å². The van der Waals surface area contributed by atoms with Gasteiger partial charge in [0.05, 0.1) is 6.54 Å². The molecule has 0 bridgehead atoms. The molecular weight excluding hydrogens is 272 g/mol. The summed E-state index contributed by atoms with van der Waals surface area (Å²) < 4.78 is 4.77. The van der Waals surface area contributed by atoms with Gasteiger partial charge in [0.25, 0.3) is 0 Å². The molecule has 1 aromatic carbocycles. The summed E-state index contributed by atoms with van der Waals surface area (Å²) in [5, 5.41) is 10.3. The van der Waals surface area contributed by atoms with Crippen molar-refractivity contribution in [1.82, 2.24) is 15.8 Å². The van der Waals surface area contributed by atoms with Crippen LogP contribution in [0.3, 0.4) is 0 Å². The van der Waals surface area contributed by atoms with Gasteiger partial charge in [-0.15, -0.1) is 11.8 Å². The Morgan fingerprint density at radius 3 is 2.80 bits per heavy atom. The van der Waals surface area contributed by atoms with Gasteiger partial charge in [-0.25, -0.2) is 0 Å². The molecule has 1 heterocycles. The lowest BCUT2D eigenvalue weighted by molar-refractivity contribution is 0.410. The molecule has 6 heteroatoms. The van der Waals surface area contributed by atoms with Gasteiger partial charge in [-0.05, 0) is 12.1 Å².